The Hall–Kier alpha value is -3.92. The van der Waals surface area contributed by atoms with Crippen molar-refractivity contribution in [1.29, 1.82) is 0 Å². The lowest BCUT2D eigenvalue weighted by Crippen LogP contribution is -2.12. The number of aromatic hydroxyl groups is 4. The molecule has 0 atom stereocenters. The van der Waals surface area contributed by atoms with Crippen molar-refractivity contribution in [1.82, 2.24) is 0 Å². The molecule has 0 heterocycles. The van der Waals surface area contributed by atoms with Crippen LogP contribution in [0.1, 0.15) is 105 Å². The molecule has 4 aromatic carbocycles. The summed E-state index contributed by atoms with van der Waals surface area (Å²) in [6, 6.07) is 22.8. The molecule has 44 heavy (non-hydrogen) atoms. The molecule has 236 valence electrons. The standard InChI is InChI=1S/2C20H26O2/c2*1-19(2,3)15-11-13(7-9-17(15)21)14-8-10-18(22)16(12-14)20(4,5)6/h2*7-12,21-22H,1-6H3. The maximum atomic E-state index is 10.1. The fourth-order valence-corrected chi connectivity index (χ4v) is 5.27. The Morgan fingerprint density at radius 2 is 0.455 bits per heavy atom. The lowest BCUT2D eigenvalue weighted by molar-refractivity contribution is 0.445. The minimum Gasteiger partial charge on any atom is -0.508 e. The number of hydrogen-bond donors (Lipinski definition) is 4. The molecular formula is C40H52O4. The molecule has 4 rings (SSSR count). The molecule has 4 aromatic rings. The van der Waals surface area contributed by atoms with Gasteiger partial charge in [-0.3, -0.25) is 0 Å². The summed E-state index contributed by atoms with van der Waals surface area (Å²) in [5.41, 5.74) is 7.42. The summed E-state index contributed by atoms with van der Waals surface area (Å²) in [6.07, 6.45) is 0. The molecule has 0 aliphatic carbocycles. The summed E-state index contributed by atoms with van der Waals surface area (Å²) in [5.74, 6) is 1.30. The molecule has 0 spiro atoms. The van der Waals surface area contributed by atoms with Gasteiger partial charge in [0.05, 0.1) is 0 Å². The third kappa shape index (κ3) is 8.16. The summed E-state index contributed by atoms with van der Waals surface area (Å²) in [5, 5.41) is 40.4. The van der Waals surface area contributed by atoms with E-state index in [2.05, 4.69) is 83.1 Å². The first-order chi connectivity index (χ1) is 20.0. The summed E-state index contributed by atoms with van der Waals surface area (Å²) in [7, 11) is 0. The molecule has 0 unspecified atom stereocenters. The van der Waals surface area contributed by atoms with Crippen LogP contribution >= 0.6 is 0 Å². The highest BCUT2D eigenvalue weighted by molar-refractivity contribution is 5.70. The fourth-order valence-electron chi connectivity index (χ4n) is 5.27. The van der Waals surface area contributed by atoms with Crippen LogP contribution in [0.4, 0.5) is 0 Å². The van der Waals surface area contributed by atoms with Gasteiger partial charge in [0, 0.05) is 0 Å². The van der Waals surface area contributed by atoms with Gasteiger partial charge in [0.15, 0.2) is 0 Å². The summed E-state index contributed by atoms with van der Waals surface area (Å²) < 4.78 is 0. The largest absolute Gasteiger partial charge is 0.508 e. The lowest BCUT2D eigenvalue weighted by atomic mass is 9.82. The van der Waals surface area contributed by atoms with E-state index in [4.69, 9.17) is 0 Å². The van der Waals surface area contributed by atoms with E-state index in [1.807, 2.05) is 48.5 Å². The zero-order valence-electron chi connectivity index (χ0n) is 28.7. The minimum absolute atomic E-state index is 0.121. The number of rotatable bonds is 2. The summed E-state index contributed by atoms with van der Waals surface area (Å²) >= 11 is 0. The first kappa shape index (κ1) is 34.6. The number of hydrogen-bond acceptors (Lipinski definition) is 4. The van der Waals surface area contributed by atoms with E-state index in [1.165, 1.54) is 0 Å². The predicted molar refractivity (Wildman–Crippen MR) is 185 cm³/mol. The third-order valence-electron chi connectivity index (χ3n) is 7.88. The highest BCUT2D eigenvalue weighted by Crippen LogP contribution is 2.39. The van der Waals surface area contributed by atoms with Crippen LogP contribution in [0.15, 0.2) is 72.8 Å². The molecule has 0 bridgehead atoms. The molecule has 0 aromatic heterocycles. The van der Waals surface area contributed by atoms with E-state index in [0.29, 0.717) is 23.0 Å². The SMILES string of the molecule is CC(C)(C)c1cc(-c2ccc(O)c(C(C)(C)C)c2)ccc1O.CC(C)(C)c1cc(-c2ccc(O)c(C(C)(C)C)c2)ccc1O. The predicted octanol–water partition coefficient (Wildman–Crippen LogP) is 10.7. The molecule has 0 saturated heterocycles. The minimum atomic E-state index is -0.121. The average Bonchev–Trinajstić information content (AvgIpc) is 2.88. The van der Waals surface area contributed by atoms with Crippen LogP contribution in [0, 0.1) is 0 Å². The Bertz CT molecular complexity index is 1370. The van der Waals surface area contributed by atoms with Gasteiger partial charge in [0.2, 0.25) is 0 Å². The van der Waals surface area contributed by atoms with Crippen molar-refractivity contribution in [2.75, 3.05) is 0 Å². The van der Waals surface area contributed by atoms with E-state index in [0.717, 1.165) is 44.5 Å². The highest BCUT2D eigenvalue weighted by Gasteiger charge is 2.23. The van der Waals surface area contributed by atoms with Gasteiger partial charge < -0.3 is 20.4 Å². The Morgan fingerprint density at radius 1 is 0.295 bits per heavy atom. The van der Waals surface area contributed by atoms with Crippen LogP contribution < -0.4 is 0 Å². The van der Waals surface area contributed by atoms with Gasteiger partial charge in [-0.25, -0.2) is 0 Å². The second-order valence-electron chi connectivity index (χ2n) is 15.9. The lowest BCUT2D eigenvalue weighted by Gasteiger charge is -2.23. The molecular weight excluding hydrogens is 544 g/mol. The number of phenolic OH excluding ortho intramolecular Hbond substituents is 4. The van der Waals surface area contributed by atoms with Crippen LogP contribution in [0.5, 0.6) is 23.0 Å². The second kappa shape index (κ2) is 12.2. The van der Waals surface area contributed by atoms with Crippen LogP contribution in [0.25, 0.3) is 22.3 Å². The van der Waals surface area contributed by atoms with Crippen molar-refractivity contribution in [2.24, 2.45) is 0 Å². The maximum absolute atomic E-state index is 10.1. The molecule has 0 radical (unpaired) electrons. The van der Waals surface area contributed by atoms with Gasteiger partial charge in [-0.1, -0.05) is 107 Å². The first-order valence-electron chi connectivity index (χ1n) is 15.3. The normalized spacial score (nSPS) is 12.5. The van der Waals surface area contributed by atoms with Crippen LogP contribution in [0.3, 0.4) is 0 Å². The topological polar surface area (TPSA) is 80.9 Å². The number of phenols is 4. The summed E-state index contributed by atoms with van der Waals surface area (Å²) in [4.78, 5) is 0. The van der Waals surface area contributed by atoms with Crippen LogP contribution in [-0.2, 0) is 21.7 Å². The highest BCUT2D eigenvalue weighted by atomic mass is 16.3. The van der Waals surface area contributed by atoms with Gasteiger partial charge in [-0.2, -0.15) is 0 Å². The fraction of sp³-hybridized carbons (Fsp3) is 0.400. The Morgan fingerprint density at radius 3 is 0.591 bits per heavy atom. The van der Waals surface area contributed by atoms with Crippen molar-refractivity contribution < 1.29 is 20.4 Å². The van der Waals surface area contributed by atoms with Crippen molar-refractivity contribution in [3.05, 3.63) is 95.1 Å². The monoisotopic (exact) mass is 596 g/mol. The van der Waals surface area contributed by atoms with Crippen molar-refractivity contribution >= 4 is 0 Å². The van der Waals surface area contributed by atoms with E-state index < -0.39 is 0 Å². The molecule has 0 aliphatic heterocycles. The van der Waals surface area contributed by atoms with E-state index >= 15 is 0 Å². The Kier molecular flexibility index (Phi) is 9.61. The molecule has 0 aliphatic rings. The zero-order valence-corrected chi connectivity index (χ0v) is 28.7. The summed E-state index contributed by atoms with van der Waals surface area (Å²) in [6.45, 7) is 25.0. The van der Waals surface area contributed by atoms with Gasteiger partial charge in [-0.05, 0) is 115 Å². The van der Waals surface area contributed by atoms with Crippen LogP contribution in [0.2, 0.25) is 0 Å². The molecule has 0 amide bonds. The van der Waals surface area contributed by atoms with Gasteiger partial charge >= 0.3 is 0 Å². The average molecular weight is 597 g/mol. The van der Waals surface area contributed by atoms with Crippen LogP contribution in [-0.4, -0.2) is 20.4 Å². The maximum Gasteiger partial charge on any atom is 0.119 e. The molecule has 4 heteroatoms. The first-order valence-corrected chi connectivity index (χ1v) is 15.3. The van der Waals surface area contributed by atoms with E-state index in [9.17, 15) is 20.4 Å². The van der Waals surface area contributed by atoms with E-state index in [1.54, 1.807) is 24.3 Å². The second-order valence-corrected chi connectivity index (χ2v) is 15.9. The smallest absolute Gasteiger partial charge is 0.119 e. The van der Waals surface area contributed by atoms with Crippen molar-refractivity contribution in [3.8, 4) is 45.3 Å². The van der Waals surface area contributed by atoms with Crippen molar-refractivity contribution in [3.63, 3.8) is 0 Å². The van der Waals surface area contributed by atoms with E-state index in [-0.39, 0.29) is 21.7 Å². The number of benzene rings is 4. The molecule has 0 saturated carbocycles. The van der Waals surface area contributed by atoms with Gasteiger partial charge in [0.25, 0.3) is 0 Å². The molecule has 4 nitrogen and oxygen atoms in total. The third-order valence-corrected chi connectivity index (χ3v) is 7.88. The molecule has 0 fully saturated rings. The van der Waals surface area contributed by atoms with Crippen molar-refractivity contribution in [2.45, 2.75) is 105 Å². The van der Waals surface area contributed by atoms with Gasteiger partial charge in [-0.15, -0.1) is 0 Å². The Labute approximate surface area is 265 Å². The van der Waals surface area contributed by atoms with Gasteiger partial charge in [0.1, 0.15) is 23.0 Å². The zero-order chi connectivity index (χ0) is 33.4. The Balaban J connectivity index is 0.000000240. The molecule has 4 N–H and O–H groups in total. The quantitative estimate of drug-likeness (QED) is 0.186.